The summed E-state index contributed by atoms with van der Waals surface area (Å²) in [6, 6.07) is 14.2. The predicted octanol–water partition coefficient (Wildman–Crippen LogP) is 1.93. The van der Waals surface area contributed by atoms with E-state index in [4.69, 9.17) is 10.5 Å². The quantitative estimate of drug-likeness (QED) is 0.681. The fraction of sp³-hybridized carbons (Fsp3) is 0.333. The van der Waals surface area contributed by atoms with Gasteiger partial charge in [-0.1, -0.05) is 30.3 Å². The molecule has 0 unspecified atom stereocenters. The minimum absolute atomic E-state index is 0.372. The summed E-state index contributed by atoms with van der Waals surface area (Å²) >= 11 is 0. The summed E-state index contributed by atoms with van der Waals surface area (Å²) in [5, 5.41) is 17.1. The van der Waals surface area contributed by atoms with Crippen molar-refractivity contribution in [2.75, 3.05) is 13.1 Å². The maximum Gasteiger partial charge on any atom is 0.0869 e. The minimum atomic E-state index is 0.372. The molecule has 0 radical (unpaired) electrons. The van der Waals surface area contributed by atoms with Crippen LogP contribution in [0, 0.1) is 22.7 Å². The predicted molar refractivity (Wildman–Crippen MR) is 57.6 cm³/mol. The Morgan fingerprint density at radius 3 is 2.40 bits per heavy atom. The molecule has 0 N–H and O–H groups in total. The first-order chi connectivity index (χ1) is 7.36. The van der Waals surface area contributed by atoms with Gasteiger partial charge in [-0.25, -0.2) is 0 Å². The number of benzene rings is 1. The number of nitriles is 2. The van der Waals surface area contributed by atoms with E-state index in [1.54, 1.807) is 0 Å². The Labute approximate surface area is 90.2 Å². The van der Waals surface area contributed by atoms with Crippen molar-refractivity contribution in [3.05, 3.63) is 35.9 Å². The normalized spacial score (nSPS) is 9.53. The van der Waals surface area contributed by atoms with Crippen LogP contribution in [0.2, 0.25) is 0 Å². The van der Waals surface area contributed by atoms with Gasteiger partial charge in [0.05, 0.1) is 18.7 Å². The first kappa shape index (κ1) is 11.2. The molecule has 0 bridgehead atoms. The molecule has 0 aliphatic carbocycles. The van der Waals surface area contributed by atoms with Crippen molar-refractivity contribution >= 4 is 0 Å². The summed E-state index contributed by atoms with van der Waals surface area (Å²) in [7, 11) is 0. The molecule has 76 valence electrons. The molecule has 15 heavy (non-hydrogen) atoms. The Hall–Kier alpha value is -1.84. The second-order valence-electron chi connectivity index (χ2n) is 3.26. The van der Waals surface area contributed by atoms with Gasteiger partial charge in [0.2, 0.25) is 0 Å². The lowest BCUT2D eigenvalue weighted by Gasteiger charge is -2.17. The van der Waals surface area contributed by atoms with Crippen LogP contribution in [0.25, 0.3) is 0 Å². The molecule has 0 atom stereocenters. The highest BCUT2D eigenvalue weighted by atomic mass is 15.1. The van der Waals surface area contributed by atoms with Crippen LogP contribution in [0.3, 0.4) is 0 Å². The zero-order valence-electron chi connectivity index (χ0n) is 8.56. The van der Waals surface area contributed by atoms with Crippen molar-refractivity contribution in [1.29, 1.82) is 10.5 Å². The van der Waals surface area contributed by atoms with Gasteiger partial charge in [0.1, 0.15) is 0 Å². The number of nitrogens with zero attached hydrogens (tertiary/aromatic N) is 3. The summed E-state index contributed by atoms with van der Waals surface area (Å²) in [5.41, 5.74) is 1.17. The van der Waals surface area contributed by atoms with Gasteiger partial charge < -0.3 is 0 Å². The van der Waals surface area contributed by atoms with E-state index in [1.165, 1.54) is 5.56 Å². The lowest BCUT2D eigenvalue weighted by Crippen LogP contribution is -2.24. The van der Waals surface area contributed by atoms with E-state index in [0.717, 1.165) is 6.54 Å². The molecule has 1 rings (SSSR count). The smallest absolute Gasteiger partial charge is 0.0869 e. The van der Waals surface area contributed by atoms with Crippen molar-refractivity contribution in [2.45, 2.75) is 13.0 Å². The largest absolute Gasteiger partial charge is 0.285 e. The Balaban J connectivity index is 2.52. The van der Waals surface area contributed by atoms with Gasteiger partial charge in [-0.2, -0.15) is 10.5 Å². The lowest BCUT2D eigenvalue weighted by atomic mass is 10.2. The molecule has 0 aliphatic heterocycles. The van der Waals surface area contributed by atoms with Crippen LogP contribution in [0.1, 0.15) is 12.0 Å². The molecule has 0 aliphatic rings. The van der Waals surface area contributed by atoms with Crippen LogP contribution in [-0.4, -0.2) is 18.0 Å². The molecule has 0 saturated carbocycles. The summed E-state index contributed by atoms with van der Waals surface area (Å²) in [6.45, 7) is 1.76. The molecule has 3 heteroatoms. The third kappa shape index (κ3) is 4.26. The maximum absolute atomic E-state index is 8.64. The second kappa shape index (κ2) is 6.59. The van der Waals surface area contributed by atoms with Gasteiger partial charge in [0.25, 0.3) is 0 Å². The maximum atomic E-state index is 8.64. The van der Waals surface area contributed by atoms with Gasteiger partial charge >= 0.3 is 0 Å². The second-order valence-corrected chi connectivity index (χ2v) is 3.26. The number of hydrogen-bond acceptors (Lipinski definition) is 3. The van der Waals surface area contributed by atoms with Crippen LogP contribution >= 0.6 is 0 Å². The minimum Gasteiger partial charge on any atom is -0.285 e. The number of hydrogen-bond donors (Lipinski definition) is 0. The first-order valence-electron chi connectivity index (χ1n) is 4.87. The molecule has 0 spiro atoms. The average Bonchev–Trinajstić information content (AvgIpc) is 2.28. The van der Waals surface area contributed by atoms with Gasteiger partial charge in [0, 0.05) is 19.5 Å². The van der Waals surface area contributed by atoms with Crippen molar-refractivity contribution < 1.29 is 0 Å². The van der Waals surface area contributed by atoms with E-state index < -0.39 is 0 Å². The van der Waals surface area contributed by atoms with Crippen LogP contribution in [0.5, 0.6) is 0 Å². The van der Waals surface area contributed by atoms with Crippen molar-refractivity contribution in [2.24, 2.45) is 0 Å². The zero-order chi connectivity index (χ0) is 10.9. The summed E-state index contributed by atoms with van der Waals surface area (Å²) < 4.78 is 0. The molecule has 3 nitrogen and oxygen atoms in total. The summed E-state index contributed by atoms with van der Waals surface area (Å²) in [5.74, 6) is 0. The fourth-order valence-corrected chi connectivity index (χ4v) is 1.36. The van der Waals surface area contributed by atoms with Crippen molar-refractivity contribution in [1.82, 2.24) is 4.90 Å². The van der Waals surface area contributed by atoms with Crippen LogP contribution in [0.4, 0.5) is 0 Å². The molecule has 1 aromatic rings. The van der Waals surface area contributed by atoms with Crippen molar-refractivity contribution in [3.8, 4) is 12.1 Å². The molecule has 0 amide bonds. The Kier molecular flexibility index (Phi) is 4.94. The van der Waals surface area contributed by atoms with Crippen molar-refractivity contribution in [3.63, 3.8) is 0 Å². The average molecular weight is 199 g/mol. The zero-order valence-corrected chi connectivity index (χ0v) is 8.56. The SMILES string of the molecule is N#CCCN(CC#N)Cc1ccccc1. The molecule has 0 aromatic heterocycles. The standard InChI is InChI=1S/C12H13N3/c13-7-4-9-15(10-8-14)11-12-5-2-1-3-6-12/h1-3,5-6H,4,9-11H2. The van der Waals surface area contributed by atoms with E-state index in [-0.39, 0.29) is 0 Å². The summed E-state index contributed by atoms with van der Waals surface area (Å²) in [6.07, 6.45) is 0.467. The van der Waals surface area contributed by atoms with E-state index in [2.05, 4.69) is 12.1 Å². The summed E-state index contributed by atoms with van der Waals surface area (Å²) in [4.78, 5) is 1.97. The molecule has 0 saturated heterocycles. The third-order valence-electron chi connectivity index (χ3n) is 2.08. The van der Waals surface area contributed by atoms with Crippen LogP contribution in [-0.2, 0) is 6.54 Å². The number of rotatable bonds is 5. The van der Waals surface area contributed by atoms with Gasteiger partial charge in [-0.15, -0.1) is 0 Å². The monoisotopic (exact) mass is 199 g/mol. The van der Waals surface area contributed by atoms with Gasteiger partial charge in [-0.05, 0) is 5.56 Å². The fourth-order valence-electron chi connectivity index (χ4n) is 1.36. The first-order valence-corrected chi connectivity index (χ1v) is 4.87. The lowest BCUT2D eigenvalue weighted by molar-refractivity contribution is 0.305. The topological polar surface area (TPSA) is 50.8 Å². The molecule has 1 aromatic carbocycles. The molecule has 0 fully saturated rings. The van der Waals surface area contributed by atoms with Gasteiger partial charge in [-0.3, -0.25) is 4.90 Å². The Bertz CT molecular complexity index is 359. The Morgan fingerprint density at radius 1 is 1.07 bits per heavy atom. The highest BCUT2D eigenvalue weighted by molar-refractivity contribution is 5.14. The van der Waals surface area contributed by atoms with Crippen LogP contribution < -0.4 is 0 Å². The molecular weight excluding hydrogens is 186 g/mol. The van der Waals surface area contributed by atoms with Gasteiger partial charge in [0.15, 0.2) is 0 Å². The Morgan fingerprint density at radius 2 is 1.80 bits per heavy atom. The third-order valence-corrected chi connectivity index (χ3v) is 2.08. The van der Waals surface area contributed by atoms with E-state index >= 15 is 0 Å². The van der Waals surface area contributed by atoms with Crippen LogP contribution in [0.15, 0.2) is 30.3 Å². The molecule has 0 heterocycles. The highest BCUT2D eigenvalue weighted by Gasteiger charge is 2.04. The van der Waals surface area contributed by atoms with E-state index in [9.17, 15) is 0 Å². The highest BCUT2D eigenvalue weighted by Crippen LogP contribution is 2.04. The molecular formula is C12H13N3. The van der Waals surface area contributed by atoms with E-state index in [1.807, 2.05) is 35.2 Å². The van der Waals surface area contributed by atoms with E-state index in [0.29, 0.717) is 19.5 Å².